The predicted octanol–water partition coefficient (Wildman–Crippen LogP) is 6.90. The summed E-state index contributed by atoms with van der Waals surface area (Å²) in [5, 5.41) is 4.47. The molecule has 1 fully saturated rings. The van der Waals surface area contributed by atoms with Crippen LogP contribution in [0.1, 0.15) is 17.8 Å². The second-order valence-corrected chi connectivity index (χ2v) is 8.98. The number of aromatic nitrogens is 1. The Kier molecular flexibility index (Phi) is 7.66. The maximum atomic E-state index is 6.58. The van der Waals surface area contributed by atoms with E-state index in [0.717, 1.165) is 42.3 Å². The van der Waals surface area contributed by atoms with Gasteiger partial charge >= 0.3 is 0 Å². The van der Waals surface area contributed by atoms with E-state index in [9.17, 15) is 0 Å². The standard InChI is InChI=1S/C22H22Cl2N2O2S.ClH/c1-26(2)22(9-11-27-12-10-22)21-25-20(14-29-21)18-8-7-17(13-19(18)24)28-16-5-3-15(23)4-6-16;/h3-8,13-14H,9-12H2,1-2H3;1H. The molecule has 4 nitrogen and oxygen atoms in total. The van der Waals surface area contributed by atoms with E-state index in [1.807, 2.05) is 30.3 Å². The highest BCUT2D eigenvalue weighted by Gasteiger charge is 2.39. The van der Waals surface area contributed by atoms with E-state index in [2.05, 4.69) is 24.4 Å². The van der Waals surface area contributed by atoms with Gasteiger partial charge in [0, 0.05) is 35.2 Å². The molecule has 0 saturated carbocycles. The average molecular weight is 486 g/mol. The first-order valence-electron chi connectivity index (χ1n) is 9.42. The van der Waals surface area contributed by atoms with Crippen molar-refractivity contribution in [2.75, 3.05) is 27.3 Å². The van der Waals surface area contributed by atoms with Crippen molar-refractivity contribution in [1.82, 2.24) is 9.88 Å². The van der Waals surface area contributed by atoms with Crippen LogP contribution in [0.2, 0.25) is 10.0 Å². The largest absolute Gasteiger partial charge is 0.457 e. The topological polar surface area (TPSA) is 34.6 Å². The fourth-order valence-electron chi connectivity index (χ4n) is 3.58. The van der Waals surface area contributed by atoms with Gasteiger partial charge in [-0.25, -0.2) is 4.98 Å². The first-order valence-corrected chi connectivity index (χ1v) is 11.1. The first-order chi connectivity index (χ1) is 14.0. The van der Waals surface area contributed by atoms with Crippen LogP contribution in [0.4, 0.5) is 0 Å². The van der Waals surface area contributed by atoms with Crippen LogP contribution < -0.4 is 4.74 Å². The second kappa shape index (κ2) is 9.86. The van der Waals surface area contributed by atoms with Gasteiger partial charge in [-0.3, -0.25) is 4.90 Å². The van der Waals surface area contributed by atoms with Crippen LogP contribution in [-0.2, 0) is 10.3 Å². The third-order valence-electron chi connectivity index (χ3n) is 5.34. The molecule has 1 aliphatic heterocycles. The maximum absolute atomic E-state index is 6.58. The van der Waals surface area contributed by atoms with Crippen LogP contribution >= 0.6 is 46.9 Å². The zero-order chi connectivity index (χ0) is 20.4. The third kappa shape index (κ3) is 4.77. The molecule has 0 unspecified atom stereocenters. The number of ether oxygens (including phenoxy) is 2. The average Bonchev–Trinajstić information content (AvgIpc) is 3.20. The van der Waals surface area contributed by atoms with Crippen molar-refractivity contribution < 1.29 is 9.47 Å². The summed E-state index contributed by atoms with van der Waals surface area (Å²) in [4.78, 5) is 7.23. The highest BCUT2D eigenvalue weighted by molar-refractivity contribution is 7.10. The Balaban J connectivity index is 0.00000256. The minimum absolute atomic E-state index is 0. The molecule has 0 atom stereocenters. The van der Waals surface area contributed by atoms with Gasteiger partial charge in [0.05, 0.1) is 16.3 Å². The Hall–Kier alpha value is -1.34. The molecule has 0 radical (unpaired) electrons. The predicted molar refractivity (Wildman–Crippen MR) is 127 cm³/mol. The zero-order valence-electron chi connectivity index (χ0n) is 16.7. The molecule has 2 aromatic carbocycles. The van der Waals surface area contributed by atoms with Crippen LogP contribution in [-0.4, -0.2) is 37.2 Å². The zero-order valence-corrected chi connectivity index (χ0v) is 19.9. The fourth-order valence-corrected chi connectivity index (χ4v) is 5.13. The molecular formula is C22H23Cl3N2O2S. The number of thiazole rings is 1. The third-order valence-corrected chi connectivity index (χ3v) is 6.94. The quantitative estimate of drug-likeness (QED) is 0.394. The Morgan fingerprint density at radius 1 is 1.03 bits per heavy atom. The van der Waals surface area contributed by atoms with Gasteiger partial charge in [0.25, 0.3) is 0 Å². The summed E-state index contributed by atoms with van der Waals surface area (Å²) in [6.45, 7) is 1.51. The van der Waals surface area contributed by atoms with E-state index in [1.54, 1.807) is 23.5 Å². The van der Waals surface area contributed by atoms with E-state index >= 15 is 0 Å². The number of rotatable bonds is 5. The molecule has 8 heteroatoms. The highest BCUT2D eigenvalue weighted by Crippen LogP contribution is 2.41. The Morgan fingerprint density at radius 2 is 1.70 bits per heavy atom. The smallest absolute Gasteiger partial charge is 0.128 e. The number of nitrogens with zero attached hydrogens (tertiary/aromatic N) is 2. The molecule has 0 aliphatic carbocycles. The summed E-state index contributed by atoms with van der Waals surface area (Å²) in [6.07, 6.45) is 1.88. The van der Waals surface area contributed by atoms with Crippen LogP contribution in [0.15, 0.2) is 47.8 Å². The van der Waals surface area contributed by atoms with Crippen molar-refractivity contribution in [2.24, 2.45) is 0 Å². The summed E-state index contributed by atoms with van der Waals surface area (Å²) in [7, 11) is 4.23. The lowest BCUT2D eigenvalue weighted by Crippen LogP contribution is -2.45. The molecule has 0 spiro atoms. The van der Waals surface area contributed by atoms with Crippen molar-refractivity contribution in [3.8, 4) is 22.8 Å². The fraction of sp³-hybridized carbons (Fsp3) is 0.318. The lowest BCUT2D eigenvalue weighted by atomic mass is 9.89. The van der Waals surface area contributed by atoms with Gasteiger partial charge in [-0.05, 0) is 63.3 Å². The summed E-state index contributed by atoms with van der Waals surface area (Å²) in [5.41, 5.74) is 1.71. The van der Waals surface area contributed by atoms with Gasteiger partial charge in [-0.1, -0.05) is 23.2 Å². The van der Waals surface area contributed by atoms with Gasteiger partial charge in [0.1, 0.15) is 16.5 Å². The summed E-state index contributed by atoms with van der Waals surface area (Å²) < 4.78 is 11.5. The molecule has 1 aromatic heterocycles. The van der Waals surface area contributed by atoms with Crippen molar-refractivity contribution in [3.63, 3.8) is 0 Å². The Labute approximate surface area is 197 Å². The van der Waals surface area contributed by atoms with Gasteiger partial charge in [-0.15, -0.1) is 23.7 Å². The minimum Gasteiger partial charge on any atom is -0.457 e. The number of halogens is 3. The minimum atomic E-state index is -0.0781. The summed E-state index contributed by atoms with van der Waals surface area (Å²) in [6, 6.07) is 12.9. The van der Waals surface area contributed by atoms with Crippen molar-refractivity contribution in [3.05, 3.63) is 62.9 Å². The van der Waals surface area contributed by atoms with Gasteiger partial charge in [0.2, 0.25) is 0 Å². The molecule has 1 aliphatic rings. The number of benzene rings is 2. The van der Waals surface area contributed by atoms with Crippen LogP contribution in [0, 0.1) is 0 Å². The molecule has 2 heterocycles. The maximum Gasteiger partial charge on any atom is 0.128 e. The van der Waals surface area contributed by atoms with Gasteiger partial charge < -0.3 is 9.47 Å². The van der Waals surface area contributed by atoms with Crippen molar-refractivity contribution in [2.45, 2.75) is 18.4 Å². The van der Waals surface area contributed by atoms with Gasteiger partial charge in [-0.2, -0.15) is 0 Å². The Bertz CT molecular complexity index is 986. The summed E-state index contributed by atoms with van der Waals surface area (Å²) in [5.74, 6) is 1.38. The molecule has 0 bridgehead atoms. The van der Waals surface area contributed by atoms with E-state index < -0.39 is 0 Å². The molecule has 4 rings (SSSR count). The monoisotopic (exact) mass is 484 g/mol. The van der Waals surface area contributed by atoms with Crippen molar-refractivity contribution >= 4 is 46.9 Å². The molecule has 1 saturated heterocycles. The first kappa shape index (κ1) is 23.3. The lowest BCUT2D eigenvalue weighted by molar-refractivity contribution is -0.0106. The van der Waals surface area contributed by atoms with Crippen LogP contribution in [0.5, 0.6) is 11.5 Å². The molecule has 0 amide bonds. The molecule has 0 N–H and O–H groups in total. The van der Waals surface area contributed by atoms with Crippen LogP contribution in [0.25, 0.3) is 11.3 Å². The lowest BCUT2D eigenvalue weighted by Gasteiger charge is -2.41. The van der Waals surface area contributed by atoms with E-state index in [-0.39, 0.29) is 17.9 Å². The van der Waals surface area contributed by atoms with Crippen LogP contribution in [0.3, 0.4) is 0 Å². The number of hydrogen-bond donors (Lipinski definition) is 0. The molecular weight excluding hydrogens is 463 g/mol. The number of hydrogen-bond acceptors (Lipinski definition) is 5. The van der Waals surface area contributed by atoms with E-state index in [0.29, 0.717) is 21.5 Å². The highest BCUT2D eigenvalue weighted by atomic mass is 35.5. The van der Waals surface area contributed by atoms with E-state index in [4.69, 9.17) is 37.7 Å². The Morgan fingerprint density at radius 3 is 2.33 bits per heavy atom. The molecule has 30 heavy (non-hydrogen) atoms. The molecule has 3 aromatic rings. The SMILES string of the molecule is CN(C)C1(c2nc(-c3ccc(Oc4ccc(Cl)cc4)cc3Cl)cs2)CCOCC1.Cl. The van der Waals surface area contributed by atoms with Gasteiger partial charge in [0.15, 0.2) is 0 Å². The summed E-state index contributed by atoms with van der Waals surface area (Å²) >= 11 is 14.2. The molecule has 160 valence electrons. The normalized spacial score (nSPS) is 15.6. The second-order valence-electron chi connectivity index (χ2n) is 7.27. The van der Waals surface area contributed by atoms with Crippen molar-refractivity contribution in [1.29, 1.82) is 0 Å². The van der Waals surface area contributed by atoms with E-state index in [1.165, 1.54) is 0 Å².